The molecule has 0 saturated heterocycles. The van der Waals surface area contributed by atoms with Crippen molar-refractivity contribution in [3.05, 3.63) is 0 Å². The largest absolute Gasteiger partial charge is 0.331 e. The third-order valence-electron chi connectivity index (χ3n) is 15.1. The zero-order chi connectivity index (χ0) is 40.2. The third kappa shape index (κ3) is 14.0. The Morgan fingerprint density at radius 3 is 0.982 bits per heavy atom. The molecule has 0 aromatic heterocycles. The Morgan fingerprint density at radius 2 is 0.702 bits per heavy atom. The van der Waals surface area contributed by atoms with E-state index in [4.69, 9.17) is 41.0 Å². The average molecular weight is 843 g/mol. The standard InChI is InChI=1S/C43H84N6O6P2/c44-8-1-12-48(13-2-9-45)16-22-56(50,54-20-6-42-30-36-24-37(31-42)26-38(25-36)32-42)52-18-5-19-53-57(51,23-17-49(14-3-10-46)15-4-11-47)55-21-7-43-33-39-27-40(34-43)29-41(28-39)35-43/h36-41H,1-35,44-47H2. The van der Waals surface area contributed by atoms with E-state index in [1.54, 1.807) is 0 Å². The van der Waals surface area contributed by atoms with Crippen molar-refractivity contribution in [1.82, 2.24) is 9.80 Å². The number of hydrogen-bond acceptors (Lipinski definition) is 12. The number of nitrogens with two attached hydrogens (primary N) is 4. The van der Waals surface area contributed by atoms with E-state index in [9.17, 15) is 9.13 Å². The lowest BCUT2D eigenvalue weighted by molar-refractivity contribution is -0.0629. The predicted octanol–water partition coefficient (Wildman–Crippen LogP) is 7.04. The summed E-state index contributed by atoms with van der Waals surface area (Å²) in [6.07, 6.45) is 22.8. The van der Waals surface area contributed by atoms with Crippen LogP contribution in [0.25, 0.3) is 0 Å². The summed E-state index contributed by atoms with van der Waals surface area (Å²) in [5.74, 6) is 5.22. The maximum Gasteiger partial charge on any atom is 0.331 e. The molecule has 57 heavy (non-hydrogen) atoms. The van der Waals surface area contributed by atoms with E-state index < -0.39 is 15.2 Å². The molecule has 8 aliphatic carbocycles. The Labute approximate surface area is 346 Å². The summed E-state index contributed by atoms with van der Waals surface area (Å²) in [5, 5.41) is 0. The molecule has 0 amide bonds. The summed E-state index contributed by atoms with van der Waals surface area (Å²) in [7, 11) is -6.82. The molecule has 0 spiro atoms. The Morgan fingerprint density at radius 1 is 0.421 bits per heavy atom. The highest BCUT2D eigenvalue weighted by Gasteiger charge is 2.52. The van der Waals surface area contributed by atoms with Gasteiger partial charge in [0.15, 0.2) is 0 Å². The van der Waals surface area contributed by atoms with Crippen LogP contribution in [-0.4, -0.2) is 114 Å². The van der Waals surface area contributed by atoms with Crippen LogP contribution in [0.2, 0.25) is 0 Å². The molecule has 0 aliphatic heterocycles. The van der Waals surface area contributed by atoms with Crippen LogP contribution in [0.15, 0.2) is 0 Å². The van der Waals surface area contributed by atoms with Crippen LogP contribution in [-0.2, 0) is 27.2 Å². The summed E-state index contributed by atoms with van der Waals surface area (Å²) >= 11 is 0. The lowest BCUT2D eigenvalue weighted by Crippen LogP contribution is -2.46. The van der Waals surface area contributed by atoms with Crippen LogP contribution < -0.4 is 22.9 Å². The van der Waals surface area contributed by atoms with Crippen molar-refractivity contribution in [3.63, 3.8) is 0 Å². The van der Waals surface area contributed by atoms with Crippen LogP contribution in [0.3, 0.4) is 0 Å². The second-order valence-electron chi connectivity index (χ2n) is 19.9. The lowest BCUT2D eigenvalue weighted by Gasteiger charge is -2.57. The molecular formula is C43H84N6O6P2. The van der Waals surface area contributed by atoms with Crippen molar-refractivity contribution in [2.45, 2.75) is 122 Å². The van der Waals surface area contributed by atoms with Gasteiger partial charge in [-0.15, -0.1) is 0 Å². The summed E-state index contributed by atoms with van der Waals surface area (Å²) < 4.78 is 54.2. The number of hydrogen-bond donors (Lipinski definition) is 4. The van der Waals surface area contributed by atoms with Crippen molar-refractivity contribution in [2.24, 2.45) is 69.3 Å². The van der Waals surface area contributed by atoms with Crippen molar-refractivity contribution in [1.29, 1.82) is 0 Å². The molecule has 0 aromatic rings. The van der Waals surface area contributed by atoms with Gasteiger partial charge >= 0.3 is 15.2 Å². The van der Waals surface area contributed by atoms with E-state index in [0.717, 1.165) is 100 Å². The SMILES string of the molecule is NCCCN(CCCN)CCP(=O)(OCCCOP(=O)(CCN(CCCN)CCCN)OCCC12CC3CC(CC(C3)C1)C2)OCCC12CC3CC(CC(C3)C1)C2. The summed E-state index contributed by atoms with van der Waals surface area (Å²) in [4.78, 5) is 4.59. The van der Waals surface area contributed by atoms with Gasteiger partial charge in [-0.25, -0.2) is 0 Å². The van der Waals surface area contributed by atoms with E-state index in [1.807, 2.05) is 0 Å². The first-order chi connectivity index (χ1) is 27.6. The second kappa shape index (κ2) is 22.4. The van der Waals surface area contributed by atoms with Crippen LogP contribution in [0.5, 0.6) is 0 Å². The second-order valence-corrected chi connectivity index (χ2v) is 24.3. The van der Waals surface area contributed by atoms with Gasteiger partial charge in [-0.05, 0) is 221 Å². The highest BCUT2D eigenvalue weighted by Crippen LogP contribution is 2.63. The van der Waals surface area contributed by atoms with Gasteiger partial charge in [-0.2, -0.15) is 0 Å². The van der Waals surface area contributed by atoms with Gasteiger partial charge in [0, 0.05) is 13.1 Å². The maximum atomic E-state index is 14.5. The van der Waals surface area contributed by atoms with Gasteiger partial charge in [0.1, 0.15) is 0 Å². The van der Waals surface area contributed by atoms with Crippen LogP contribution >= 0.6 is 15.2 Å². The van der Waals surface area contributed by atoms with Crippen molar-refractivity contribution in [3.8, 4) is 0 Å². The van der Waals surface area contributed by atoms with Gasteiger partial charge in [-0.3, -0.25) is 9.13 Å². The first-order valence-corrected chi connectivity index (χ1v) is 27.0. The Hall–Kier alpha value is 0.0600. The Bertz CT molecular complexity index is 1110. The topological polar surface area (TPSA) is 182 Å². The quantitative estimate of drug-likeness (QED) is 0.0401. The number of rotatable bonds is 32. The van der Waals surface area contributed by atoms with Crippen LogP contribution in [0.1, 0.15) is 122 Å². The smallest absolute Gasteiger partial charge is 0.330 e. The molecule has 12 nitrogen and oxygen atoms in total. The van der Waals surface area contributed by atoms with Gasteiger partial charge in [0.25, 0.3) is 0 Å². The molecule has 8 bridgehead atoms. The zero-order valence-electron chi connectivity index (χ0n) is 35.8. The fourth-order valence-electron chi connectivity index (χ4n) is 13.3. The molecule has 8 N–H and O–H groups in total. The molecule has 0 heterocycles. The van der Waals surface area contributed by atoms with Crippen LogP contribution in [0.4, 0.5) is 0 Å². The molecule has 0 aromatic carbocycles. The molecule has 332 valence electrons. The molecule has 8 aliphatic rings. The van der Waals surface area contributed by atoms with E-state index in [-0.39, 0.29) is 13.2 Å². The van der Waals surface area contributed by atoms with Gasteiger partial charge in [-0.1, -0.05) is 0 Å². The highest BCUT2D eigenvalue weighted by molar-refractivity contribution is 7.54. The fraction of sp³-hybridized carbons (Fsp3) is 1.00. The maximum absolute atomic E-state index is 14.5. The predicted molar refractivity (Wildman–Crippen MR) is 231 cm³/mol. The van der Waals surface area contributed by atoms with Crippen molar-refractivity contribution in [2.75, 3.05) is 104 Å². The van der Waals surface area contributed by atoms with Crippen molar-refractivity contribution < 1.29 is 27.2 Å². The third-order valence-corrected chi connectivity index (χ3v) is 18.9. The van der Waals surface area contributed by atoms with E-state index in [1.165, 1.54) is 77.0 Å². The normalized spacial score (nSPS) is 33.4. The molecule has 2 atom stereocenters. The summed E-state index contributed by atoms with van der Waals surface area (Å²) in [5.41, 5.74) is 24.1. The minimum atomic E-state index is -3.41. The Kier molecular flexibility index (Phi) is 18.3. The van der Waals surface area contributed by atoms with E-state index in [0.29, 0.717) is 82.1 Å². The fourth-order valence-corrected chi connectivity index (χ4v) is 16.5. The van der Waals surface area contributed by atoms with Gasteiger partial charge in [0.2, 0.25) is 0 Å². The first kappa shape index (κ1) is 46.6. The van der Waals surface area contributed by atoms with E-state index >= 15 is 0 Å². The van der Waals surface area contributed by atoms with Gasteiger partial charge < -0.3 is 50.8 Å². The summed E-state index contributed by atoms with van der Waals surface area (Å²) in [6.45, 7) is 8.42. The molecule has 0 radical (unpaired) electrons. The molecule has 8 fully saturated rings. The lowest BCUT2D eigenvalue weighted by atomic mass is 9.49. The first-order valence-electron chi connectivity index (χ1n) is 23.6. The van der Waals surface area contributed by atoms with E-state index in [2.05, 4.69) is 9.80 Å². The monoisotopic (exact) mass is 843 g/mol. The Balaban J connectivity index is 1.03. The molecular weight excluding hydrogens is 758 g/mol. The number of nitrogens with zero attached hydrogens (tertiary/aromatic N) is 2. The minimum Gasteiger partial charge on any atom is -0.330 e. The average Bonchev–Trinajstić information content (AvgIpc) is 3.16. The van der Waals surface area contributed by atoms with Crippen molar-refractivity contribution >= 4 is 15.2 Å². The summed E-state index contributed by atoms with van der Waals surface area (Å²) in [6, 6.07) is 0. The molecule has 8 saturated carbocycles. The molecule has 2 unspecified atom stereocenters. The highest BCUT2D eigenvalue weighted by atomic mass is 31.2. The zero-order valence-corrected chi connectivity index (χ0v) is 37.5. The molecule has 14 heteroatoms. The molecule has 8 rings (SSSR count). The van der Waals surface area contributed by atoms with Crippen LogP contribution in [0, 0.1) is 46.3 Å². The van der Waals surface area contributed by atoms with Gasteiger partial charge in [0.05, 0.1) is 38.8 Å². The minimum absolute atomic E-state index is 0.215.